The minimum absolute atomic E-state index is 0.0593. The third kappa shape index (κ3) is 9.46. The summed E-state index contributed by atoms with van der Waals surface area (Å²) >= 11 is 0. The Balaban J connectivity index is 1.43. The van der Waals surface area contributed by atoms with Crippen molar-refractivity contribution in [2.24, 2.45) is 0 Å². The van der Waals surface area contributed by atoms with Gasteiger partial charge in [-0.3, -0.25) is 0 Å². The normalized spacial score (nSPS) is 14.3. The molecule has 1 aliphatic carbocycles. The Morgan fingerprint density at radius 3 is 1.71 bits per heavy atom. The predicted molar refractivity (Wildman–Crippen MR) is 210 cm³/mol. The lowest BCUT2D eigenvalue weighted by atomic mass is 9.76. The Labute approximate surface area is 305 Å². The van der Waals surface area contributed by atoms with E-state index >= 15 is 0 Å². The zero-order valence-electron chi connectivity index (χ0n) is 30.5. The molecule has 266 valence electrons. The van der Waals surface area contributed by atoms with Crippen LogP contribution < -0.4 is 4.90 Å². The molecule has 0 N–H and O–H groups in total. The lowest BCUT2D eigenvalue weighted by Gasteiger charge is -2.30. The largest absolute Gasteiger partial charge is 0.463 e. The fourth-order valence-electron chi connectivity index (χ4n) is 7.32. The molecule has 0 spiro atoms. The van der Waals surface area contributed by atoms with Crippen LogP contribution in [0.3, 0.4) is 0 Å². The van der Waals surface area contributed by atoms with Crippen LogP contribution in [0.1, 0.15) is 93.9 Å². The summed E-state index contributed by atoms with van der Waals surface area (Å²) < 4.78 is 10.4. The summed E-state index contributed by atoms with van der Waals surface area (Å²) in [5.41, 5.74) is 11.1. The second-order valence-electron chi connectivity index (χ2n) is 13.7. The van der Waals surface area contributed by atoms with Crippen molar-refractivity contribution in [3.8, 4) is 11.1 Å². The first kappa shape index (κ1) is 37.4. The average Bonchev–Trinajstić information content (AvgIpc) is 3.41. The molecule has 0 aromatic heterocycles. The number of nitrogens with zero attached hydrogens (tertiary/aromatic N) is 1. The summed E-state index contributed by atoms with van der Waals surface area (Å²) in [7, 11) is 0. The number of hydrogen-bond donors (Lipinski definition) is 0. The Kier molecular flexibility index (Phi) is 13.5. The van der Waals surface area contributed by atoms with Gasteiger partial charge in [0.1, 0.15) is 0 Å². The first-order valence-corrected chi connectivity index (χ1v) is 18.7. The molecule has 51 heavy (non-hydrogen) atoms. The monoisotopic (exact) mass is 683 g/mol. The van der Waals surface area contributed by atoms with Crippen LogP contribution in [0.15, 0.2) is 116 Å². The van der Waals surface area contributed by atoms with Gasteiger partial charge in [-0.05, 0) is 102 Å². The van der Waals surface area contributed by atoms with Crippen molar-refractivity contribution < 1.29 is 19.1 Å². The predicted octanol–water partition coefficient (Wildman–Crippen LogP) is 11.5. The van der Waals surface area contributed by atoms with Crippen molar-refractivity contribution in [3.05, 3.63) is 139 Å². The van der Waals surface area contributed by atoms with Gasteiger partial charge in [0.2, 0.25) is 0 Å². The van der Waals surface area contributed by atoms with Crippen LogP contribution in [0, 0.1) is 0 Å². The summed E-state index contributed by atoms with van der Waals surface area (Å²) in [6.45, 7) is 12.4. The van der Waals surface area contributed by atoms with Gasteiger partial charge in [-0.15, -0.1) is 0 Å². The maximum atomic E-state index is 11.4. The first-order valence-electron chi connectivity index (χ1n) is 18.7. The fraction of sp³-hybridized carbons (Fsp3) is 0.348. The van der Waals surface area contributed by atoms with E-state index in [-0.39, 0.29) is 17.4 Å². The summed E-state index contributed by atoms with van der Waals surface area (Å²) in [4.78, 5) is 25.2. The van der Waals surface area contributed by atoms with E-state index in [0.717, 1.165) is 49.2 Å². The highest BCUT2D eigenvalue weighted by Crippen LogP contribution is 2.53. The zero-order valence-corrected chi connectivity index (χ0v) is 30.5. The van der Waals surface area contributed by atoms with Gasteiger partial charge < -0.3 is 14.4 Å². The molecule has 0 fully saturated rings. The number of aryl methyl sites for hydroxylation is 2. The van der Waals surface area contributed by atoms with Gasteiger partial charge in [-0.2, -0.15) is 0 Å². The van der Waals surface area contributed by atoms with Crippen LogP contribution >= 0.6 is 0 Å². The van der Waals surface area contributed by atoms with Gasteiger partial charge in [0.15, 0.2) is 0 Å². The van der Waals surface area contributed by atoms with E-state index < -0.39 is 0 Å². The molecule has 0 amide bonds. The highest BCUT2D eigenvalue weighted by Gasteiger charge is 2.39. The maximum absolute atomic E-state index is 11.4. The van der Waals surface area contributed by atoms with Gasteiger partial charge in [0.05, 0.1) is 13.2 Å². The number of benzene rings is 4. The molecule has 5 rings (SSSR count). The second-order valence-corrected chi connectivity index (χ2v) is 13.7. The molecule has 0 aliphatic heterocycles. The van der Waals surface area contributed by atoms with Crippen LogP contribution in [-0.4, -0.2) is 25.2 Å². The summed E-state index contributed by atoms with van der Waals surface area (Å²) in [6.07, 6.45) is 14.3. The van der Waals surface area contributed by atoms with Crippen molar-refractivity contribution in [2.75, 3.05) is 18.1 Å². The summed E-state index contributed by atoms with van der Waals surface area (Å²) in [6, 6.07) is 33.4. The highest BCUT2D eigenvalue weighted by molar-refractivity contribution is 5.86. The van der Waals surface area contributed by atoms with E-state index in [1.165, 1.54) is 84.1 Å². The molecule has 1 aliphatic rings. The molecule has 5 nitrogen and oxygen atoms in total. The SMILES string of the molecule is C=CC(=O)OCCCc1ccc(N(c2ccc(CCCOC(=O)C=C)cc2)c2ccc3c(c2)C(C)(CCCCCCCC)c2ccccc2-3)cc1. The molecular weight excluding hydrogens is 631 g/mol. The van der Waals surface area contributed by atoms with Crippen LogP contribution in [0.2, 0.25) is 0 Å². The lowest BCUT2D eigenvalue weighted by Crippen LogP contribution is -2.21. The molecule has 4 aromatic rings. The minimum atomic E-state index is -0.386. The summed E-state index contributed by atoms with van der Waals surface area (Å²) in [5.74, 6) is -0.771. The van der Waals surface area contributed by atoms with Gasteiger partial charge in [-0.1, -0.05) is 120 Å². The third-order valence-corrected chi connectivity index (χ3v) is 10.1. The van der Waals surface area contributed by atoms with Gasteiger partial charge in [-0.25, -0.2) is 9.59 Å². The molecular formula is C46H53NO4. The van der Waals surface area contributed by atoms with Crippen LogP contribution in [-0.2, 0) is 37.3 Å². The molecule has 0 saturated carbocycles. The molecule has 1 unspecified atom stereocenters. The Bertz CT molecular complexity index is 1700. The number of fused-ring (bicyclic) bond motifs is 3. The van der Waals surface area contributed by atoms with Crippen LogP contribution in [0.5, 0.6) is 0 Å². The number of ether oxygens (including phenoxy) is 2. The van der Waals surface area contributed by atoms with E-state index in [1.54, 1.807) is 0 Å². The van der Waals surface area contributed by atoms with Crippen molar-refractivity contribution >= 4 is 29.0 Å². The number of anilines is 3. The minimum Gasteiger partial charge on any atom is -0.463 e. The Morgan fingerprint density at radius 2 is 1.14 bits per heavy atom. The van der Waals surface area contributed by atoms with E-state index in [4.69, 9.17) is 9.47 Å². The molecule has 0 bridgehead atoms. The standard InChI is InChI=1S/C46H53NO4/c1-5-8-9-10-11-14-31-46(4)42-20-13-12-19-40(42)41-30-29-39(34-43(41)46)47(37-25-21-35(22-26-37)17-15-32-50-44(48)6-2)38-27-23-36(24-28-38)18-16-33-51-45(49)7-3/h6-7,12-13,19-30,34H,2-3,5,8-11,14-18,31-33H2,1,4H3. The number of carbonyl (C=O) groups excluding carboxylic acids is 2. The van der Waals surface area contributed by atoms with Crippen LogP contribution in [0.4, 0.5) is 17.1 Å². The third-order valence-electron chi connectivity index (χ3n) is 10.1. The van der Waals surface area contributed by atoms with Crippen molar-refractivity contribution in [2.45, 2.75) is 89.9 Å². The number of esters is 2. The average molecular weight is 684 g/mol. The molecule has 5 heteroatoms. The summed E-state index contributed by atoms with van der Waals surface area (Å²) in [5, 5.41) is 0. The molecule has 4 aromatic carbocycles. The van der Waals surface area contributed by atoms with Gasteiger partial charge >= 0.3 is 11.9 Å². The molecule has 0 radical (unpaired) electrons. The molecule has 1 atom stereocenters. The second kappa shape index (κ2) is 18.4. The fourth-order valence-corrected chi connectivity index (χ4v) is 7.32. The van der Waals surface area contributed by atoms with Crippen LogP contribution in [0.25, 0.3) is 11.1 Å². The quantitative estimate of drug-likeness (QED) is 0.0527. The first-order chi connectivity index (χ1) is 24.9. The Hall–Kier alpha value is -4.90. The van der Waals surface area contributed by atoms with E-state index in [9.17, 15) is 9.59 Å². The number of carbonyl (C=O) groups is 2. The zero-order chi connectivity index (χ0) is 36.1. The smallest absolute Gasteiger partial charge is 0.330 e. The molecule has 0 saturated heterocycles. The van der Waals surface area contributed by atoms with E-state index in [1.807, 2.05) is 0 Å². The topological polar surface area (TPSA) is 55.8 Å². The Morgan fingerprint density at radius 1 is 0.627 bits per heavy atom. The number of hydrogen-bond acceptors (Lipinski definition) is 5. The van der Waals surface area contributed by atoms with Crippen molar-refractivity contribution in [1.82, 2.24) is 0 Å². The van der Waals surface area contributed by atoms with Gasteiger partial charge in [0.25, 0.3) is 0 Å². The van der Waals surface area contributed by atoms with Gasteiger partial charge in [0, 0.05) is 34.6 Å². The van der Waals surface area contributed by atoms with Crippen molar-refractivity contribution in [1.29, 1.82) is 0 Å². The number of unbranched alkanes of at least 4 members (excludes halogenated alkanes) is 5. The van der Waals surface area contributed by atoms with E-state index in [0.29, 0.717) is 13.2 Å². The lowest BCUT2D eigenvalue weighted by molar-refractivity contribution is -0.138. The number of rotatable bonds is 20. The highest BCUT2D eigenvalue weighted by atomic mass is 16.5. The maximum Gasteiger partial charge on any atom is 0.330 e. The molecule has 0 heterocycles. The van der Waals surface area contributed by atoms with Crippen molar-refractivity contribution in [3.63, 3.8) is 0 Å². The van der Waals surface area contributed by atoms with E-state index in [2.05, 4.69) is 123 Å².